The molecule has 2 aromatic heterocycles. The third-order valence-corrected chi connectivity index (χ3v) is 13.0. The van der Waals surface area contributed by atoms with Crippen LogP contribution in [0.3, 0.4) is 0 Å². The molecule has 6 atom stereocenters. The van der Waals surface area contributed by atoms with Gasteiger partial charge >= 0.3 is 12.4 Å². The van der Waals surface area contributed by atoms with Gasteiger partial charge in [-0.3, -0.25) is 4.79 Å². The van der Waals surface area contributed by atoms with Crippen molar-refractivity contribution < 1.29 is 31.1 Å². The van der Waals surface area contributed by atoms with Gasteiger partial charge in [0.05, 0.1) is 23.7 Å². The van der Waals surface area contributed by atoms with Crippen molar-refractivity contribution in [2.24, 2.45) is 17.8 Å². The molecule has 0 radical (unpaired) electrons. The lowest BCUT2D eigenvalue weighted by atomic mass is 9.67. The Morgan fingerprint density at radius 2 is 1.62 bits per heavy atom. The lowest BCUT2D eigenvalue weighted by molar-refractivity contribution is -0.143. The number of carbonyl (C=O) groups excluding carboxylic acids is 1. The Labute approximate surface area is 322 Å². The molecule has 15 heteroatoms. The van der Waals surface area contributed by atoms with Gasteiger partial charge in [0.1, 0.15) is 5.82 Å². The Bertz CT molecular complexity index is 1970. The summed E-state index contributed by atoms with van der Waals surface area (Å²) in [6.45, 7) is 3.37. The number of aromatic nitrogens is 4. The third kappa shape index (κ3) is 7.42. The van der Waals surface area contributed by atoms with E-state index in [1.807, 2.05) is 11.1 Å². The van der Waals surface area contributed by atoms with Crippen molar-refractivity contribution in [1.82, 2.24) is 25.3 Å². The number of piperazine rings is 1. The third-order valence-electron chi connectivity index (χ3n) is 13.0. The van der Waals surface area contributed by atoms with Crippen LogP contribution in [0.25, 0.3) is 0 Å². The maximum absolute atomic E-state index is 14.0. The van der Waals surface area contributed by atoms with Gasteiger partial charge in [0, 0.05) is 62.3 Å². The molecule has 2 saturated heterocycles. The van der Waals surface area contributed by atoms with Crippen molar-refractivity contribution in [1.29, 1.82) is 0 Å². The Balaban J connectivity index is 1.05. The van der Waals surface area contributed by atoms with Crippen molar-refractivity contribution in [3.63, 3.8) is 0 Å². The fraction of sp³-hybridized carbons (Fsp3) is 0.585. The summed E-state index contributed by atoms with van der Waals surface area (Å²) in [7, 11) is 0. The largest absolute Gasteiger partial charge is 0.416 e. The summed E-state index contributed by atoms with van der Waals surface area (Å²) < 4.78 is 84.1. The van der Waals surface area contributed by atoms with Gasteiger partial charge in [-0.25, -0.2) is 15.0 Å². The van der Waals surface area contributed by atoms with Gasteiger partial charge in [0.15, 0.2) is 0 Å². The molecule has 4 aliphatic carbocycles. The molecule has 6 unspecified atom stereocenters. The van der Waals surface area contributed by atoms with Crippen LogP contribution < -0.4 is 20.0 Å². The second-order valence-corrected chi connectivity index (χ2v) is 16.7. The predicted octanol–water partition coefficient (Wildman–Crippen LogP) is 8.03. The highest BCUT2D eigenvalue weighted by atomic mass is 19.4. The number of anilines is 3. The van der Waals surface area contributed by atoms with Crippen LogP contribution in [0.1, 0.15) is 104 Å². The van der Waals surface area contributed by atoms with Crippen molar-refractivity contribution in [3.8, 4) is 0 Å². The van der Waals surface area contributed by atoms with Gasteiger partial charge in [-0.2, -0.15) is 31.3 Å². The van der Waals surface area contributed by atoms with Crippen molar-refractivity contribution >= 4 is 23.6 Å². The van der Waals surface area contributed by atoms with Gasteiger partial charge in [-0.05, 0) is 111 Å². The van der Waals surface area contributed by atoms with E-state index in [2.05, 4.69) is 28.2 Å². The molecule has 4 heterocycles. The Morgan fingerprint density at radius 3 is 2.30 bits per heavy atom. The highest BCUT2D eigenvalue weighted by Gasteiger charge is 2.44. The van der Waals surface area contributed by atoms with Crippen LogP contribution in [-0.4, -0.2) is 64.1 Å². The number of benzene rings is 1. The lowest BCUT2D eigenvalue weighted by Crippen LogP contribution is -2.48. The summed E-state index contributed by atoms with van der Waals surface area (Å²) in [5.74, 6) is 4.03. The molecule has 9 rings (SSSR count). The van der Waals surface area contributed by atoms with Crippen LogP contribution in [0.2, 0.25) is 0 Å². The predicted molar refractivity (Wildman–Crippen MR) is 198 cm³/mol. The standard InChI is InChI=1S/C41H46F6N8O/c1-2-31-16-32(21-54(31)37-35(24-3-4-24)19-51-39(52-37)53-10-9-48-36(56)22-53)55(20-23-11-29(40(42,43)44)15-30(12-23)41(45,46)47)38-49-17-28(18-50-38)34-14-27-6-5-25-13-26(25)7-8-33(27)34/h11-12,14-15,17-19,24-26,31-34H,2-10,13,16,20-22H2,1H3,(H,48,56). The molecule has 0 spiro atoms. The number of hydrogen-bond donors (Lipinski definition) is 1. The molecule has 298 valence electrons. The molecule has 3 aromatic rings. The van der Waals surface area contributed by atoms with E-state index in [1.54, 1.807) is 17.3 Å². The zero-order valence-corrected chi connectivity index (χ0v) is 31.3. The van der Waals surface area contributed by atoms with Crippen LogP contribution >= 0.6 is 0 Å². The van der Waals surface area contributed by atoms with Gasteiger partial charge in [0.25, 0.3) is 0 Å². The normalized spacial score (nSPS) is 27.7. The van der Waals surface area contributed by atoms with E-state index in [1.165, 1.54) is 24.8 Å². The minimum atomic E-state index is -4.97. The summed E-state index contributed by atoms with van der Waals surface area (Å²) >= 11 is 0. The van der Waals surface area contributed by atoms with E-state index in [4.69, 9.17) is 15.0 Å². The second-order valence-electron chi connectivity index (χ2n) is 16.7. The Morgan fingerprint density at radius 1 is 0.893 bits per heavy atom. The van der Waals surface area contributed by atoms with Gasteiger partial charge in [0.2, 0.25) is 17.8 Å². The number of halogens is 6. The zero-order chi connectivity index (χ0) is 38.9. The van der Waals surface area contributed by atoms with E-state index >= 15 is 0 Å². The van der Waals surface area contributed by atoms with Crippen molar-refractivity contribution in [3.05, 3.63) is 76.3 Å². The van der Waals surface area contributed by atoms with Crippen molar-refractivity contribution in [2.75, 3.05) is 40.9 Å². The topological polar surface area (TPSA) is 90.4 Å². The molecular formula is C41H46F6N8O. The molecule has 0 bridgehead atoms. The Kier molecular flexibility index (Phi) is 9.42. The first kappa shape index (κ1) is 37.2. The Hall–Kier alpha value is -4.43. The van der Waals surface area contributed by atoms with Crippen LogP contribution in [0, 0.1) is 17.8 Å². The number of amides is 1. The number of nitrogens with one attached hydrogen (secondary N) is 1. The van der Waals surface area contributed by atoms with E-state index in [9.17, 15) is 31.1 Å². The summed E-state index contributed by atoms with van der Waals surface area (Å²) in [5.41, 5.74) is 0.662. The smallest absolute Gasteiger partial charge is 0.353 e. The molecule has 2 aliphatic heterocycles. The molecule has 1 amide bonds. The van der Waals surface area contributed by atoms with Gasteiger partial charge < -0.3 is 20.0 Å². The van der Waals surface area contributed by atoms with E-state index < -0.39 is 23.5 Å². The van der Waals surface area contributed by atoms with Gasteiger partial charge in [-0.15, -0.1) is 0 Å². The number of hydrogen-bond acceptors (Lipinski definition) is 8. The first-order chi connectivity index (χ1) is 26.8. The quantitative estimate of drug-likeness (QED) is 0.173. The fourth-order valence-electron chi connectivity index (χ4n) is 9.64. The summed E-state index contributed by atoms with van der Waals surface area (Å²) in [5, 5.41) is 2.83. The number of fused-ring (bicyclic) bond motifs is 2. The monoisotopic (exact) mass is 780 g/mol. The number of alkyl halides is 6. The van der Waals surface area contributed by atoms with E-state index in [0.717, 1.165) is 73.0 Å². The molecule has 1 N–H and O–H groups in total. The number of allylic oxidation sites excluding steroid dienone is 2. The number of nitrogens with zero attached hydrogens (tertiary/aromatic N) is 7. The van der Waals surface area contributed by atoms with Crippen LogP contribution in [0.15, 0.2) is 48.4 Å². The molecule has 9 nitrogen and oxygen atoms in total. The molecular weight excluding hydrogens is 734 g/mol. The highest BCUT2D eigenvalue weighted by molar-refractivity contribution is 5.82. The first-order valence-corrected chi connectivity index (χ1v) is 20.0. The number of rotatable bonds is 9. The molecule has 1 aromatic carbocycles. The maximum Gasteiger partial charge on any atom is 0.416 e. The van der Waals surface area contributed by atoms with E-state index in [-0.39, 0.29) is 54.6 Å². The van der Waals surface area contributed by atoms with Gasteiger partial charge in [-0.1, -0.05) is 18.6 Å². The van der Waals surface area contributed by atoms with Crippen molar-refractivity contribution in [2.45, 2.75) is 108 Å². The van der Waals surface area contributed by atoms with E-state index in [0.29, 0.717) is 43.8 Å². The number of carbonyl (C=O) groups is 1. The molecule has 6 aliphatic rings. The fourth-order valence-corrected chi connectivity index (χ4v) is 9.64. The SMILES string of the molecule is CCC1CC(N(Cc2cc(C(F)(F)F)cc(C(F)(F)F)c2)c2ncc(C3C=C4CCC5CC5CCC43)cn2)CN1c1nc(N2CCNC(=O)C2)ncc1C1CC1. The summed E-state index contributed by atoms with van der Waals surface area (Å²) in [4.78, 5) is 37.4. The summed E-state index contributed by atoms with van der Waals surface area (Å²) in [6.07, 6.45) is 7.18. The lowest BCUT2D eigenvalue weighted by Gasteiger charge is -2.38. The average molecular weight is 781 g/mol. The summed E-state index contributed by atoms with van der Waals surface area (Å²) in [6, 6.07) is 1.37. The molecule has 5 fully saturated rings. The average Bonchev–Trinajstić information content (AvgIpc) is 4.09. The minimum Gasteiger partial charge on any atom is -0.353 e. The van der Waals surface area contributed by atoms with Crippen LogP contribution in [-0.2, 0) is 23.7 Å². The highest BCUT2D eigenvalue weighted by Crippen LogP contribution is 2.55. The first-order valence-electron chi connectivity index (χ1n) is 20.0. The van der Waals surface area contributed by atoms with Crippen LogP contribution in [0.4, 0.5) is 44.1 Å². The maximum atomic E-state index is 14.0. The molecule has 3 saturated carbocycles. The molecule has 56 heavy (non-hydrogen) atoms. The second kappa shape index (κ2) is 14.2. The minimum absolute atomic E-state index is 0.0390. The van der Waals surface area contributed by atoms with Crippen LogP contribution in [0.5, 0.6) is 0 Å². The zero-order valence-electron chi connectivity index (χ0n) is 31.3.